The zero-order valence-electron chi connectivity index (χ0n) is 14.4. The number of hydrogen-bond donors (Lipinski definition) is 3. The van der Waals surface area contributed by atoms with Crippen molar-refractivity contribution in [2.75, 3.05) is 5.32 Å². The molecule has 144 valence electrons. The van der Waals surface area contributed by atoms with E-state index in [9.17, 15) is 28.4 Å². The van der Waals surface area contributed by atoms with Crippen LogP contribution < -0.4 is 5.32 Å². The summed E-state index contributed by atoms with van der Waals surface area (Å²) in [5.41, 5.74) is 0.0748. The number of nitrogens with zero attached hydrogens (tertiary/aromatic N) is 1. The highest BCUT2D eigenvalue weighted by molar-refractivity contribution is 7.85. The van der Waals surface area contributed by atoms with Crippen LogP contribution in [0.4, 0.5) is 11.4 Å². The van der Waals surface area contributed by atoms with Gasteiger partial charge in [-0.05, 0) is 53.6 Å². The van der Waals surface area contributed by atoms with Crippen LogP contribution in [0.3, 0.4) is 0 Å². The number of nitrogens with one attached hydrogen (secondary N) is 1. The molecule has 0 saturated heterocycles. The summed E-state index contributed by atoms with van der Waals surface area (Å²) >= 11 is 0. The molecule has 3 aromatic rings. The smallest absolute Gasteiger partial charge is 0.294 e. The third-order valence-corrected chi connectivity index (χ3v) is 4.92. The van der Waals surface area contributed by atoms with Crippen molar-refractivity contribution >= 4 is 38.2 Å². The predicted octanol–water partition coefficient (Wildman–Crippen LogP) is 3.26. The van der Waals surface area contributed by atoms with E-state index >= 15 is 0 Å². The van der Waals surface area contributed by atoms with Crippen LogP contribution in [0.25, 0.3) is 10.8 Å². The van der Waals surface area contributed by atoms with Crippen molar-refractivity contribution in [3.05, 3.63) is 69.8 Å². The number of aromatic hydroxyl groups is 1. The maximum Gasteiger partial charge on any atom is 0.294 e. The Morgan fingerprint density at radius 3 is 2.43 bits per heavy atom. The molecular formula is C18H14N2O7S. The van der Waals surface area contributed by atoms with Crippen LogP contribution in [0.2, 0.25) is 0 Å². The summed E-state index contributed by atoms with van der Waals surface area (Å²) in [5, 5.41) is 24.6. The molecule has 0 saturated carbocycles. The highest BCUT2D eigenvalue weighted by Crippen LogP contribution is 2.32. The monoisotopic (exact) mass is 402 g/mol. The molecule has 0 unspecified atom stereocenters. The van der Waals surface area contributed by atoms with Crippen molar-refractivity contribution in [2.24, 2.45) is 0 Å². The molecule has 9 nitrogen and oxygen atoms in total. The minimum atomic E-state index is -4.40. The molecule has 0 fully saturated rings. The Morgan fingerprint density at radius 1 is 1.07 bits per heavy atom. The summed E-state index contributed by atoms with van der Waals surface area (Å²) < 4.78 is 31.6. The van der Waals surface area contributed by atoms with Gasteiger partial charge in [-0.15, -0.1) is 0 Å². The second-order valence-electron chi connectivity index (χ2n) is 6.09. The first-order chi connectivity index (χ1) is 13.1. The van der Waals surface area contributed by atoms with E-state index in [2.05, 4.69) is 5.32 Å². The summed E-state index contributed by atoms with van der Waals surface area (Å²) in [6.45, 7) is 1.66. The minimum absolute atomic E-state index is 0.00743. The van der Waals surface area contributed by atoms with Crippen LogP contribution in [0, 0.1) is 17.0 Å². The van der Waals surface area contributed by atoms with Gasteiger partial charge in [0.05, 0.1) is 15.5 Å². The van der Waals surface area contributed by atoms with Crippen molar-refractivity contribution in [2.45, 2.75) is 11.8 Å². The normalized spacial score (nSPS) is 11.4. The molecule has 0 aliphatic rings. The second-order valence-corrected chi connectivity index (χ2v) is 7.51. The highest BCUT2D eigenvalue weighted by Gasteiger charge is 2.21. The summed E-state index contributed by atoms with van der Waals surface area (Å²) in [6, 6.07) is 10.5. The first-order valence-corrected chi connectivity index (χ1v) is 9.31. The van der Waals surface area contributed by atoms with Gasteiger partial charge in [0.15, 0.2) is 0 Å². The molecule has 28 heavy (non-hydrogen) atoms. The van der Waals surface area contributed by atoms with E-state index in [0.29, 0.717) is 16.3 Å². The van der Waals surface area contributed by atoms with Crippen LogP contribution in [-0.4, -0.2) is 28.9 Å². The number of carbonyl (C=O) groups excluding carboxylic acids is 1. The molecule has 10 heteroatoms. The van der Waals surface area contributed by atoms with E-state index in [1.54, 1.807) is 13.0 Å². The predicted molar refractivity (Wildman–Crippen MR) is 101 cm³/mol. The number of carbonyl (C=O) groups is 1. The van der Waals surface area contributed by atoms with Crippen LogP contribution in [-0.2, 0) is 10.1 Å². The number of phenolic OH excluding ortho intramolecular Hbond substituents is 1. The lowest BCUT2D eigenvalue weighted by Gasteiger charge is -2.10. The molecule has 3 aromatic carbocycles. The van der Waals surface area contributed by atoms with Crippen LogP contribution in [0.5, 0.6) is 5.75 Å². The molecule has 0 aliphatic heterocycles. The Balaban J connectivity index is 2.00. The van der Waals surface area contributed by atoms with Gasteiger partial charge in [0.1, 0.15) is 11.3 Å². The van der Waals surface area contributed by atoms with E-state index in [-0.39, 0.29) is 27.6 Å². The summed E-state index contributed by atoms with van der Waals surface area (Å²) in [6.07, 6.45) is 0. The van der Waals surface area contributed by atoms with Gasteiger partial charge in [0, 0.05) is 6.07 Å². The van der Waals surface area contributed by atoms with Gasteiger partial charge in [-0.3, -0.25) is 19.5 Å². The third-order valence-electron chi connectivity index (χ3n) is 4.07. The number of phenols is 1. The van der Waals surface area contributed by atoms with Gasteiger partial charge in [0.25, 0.3) is 21.7 Å². The van der Waals surface area contributed by atoms with Gasteiger partial charge in [0.2, 0.25) is 0 Å². The lowest BCUT2D eigenvalue weighted by Crippen LogP contribution is -2.14. The zero-order chi connectivity index (χ0) is 20.6. The fourth-order valence-electron chi connectivity index (χ4n) is 2.70. The number of rotatable bonds is 4. The van der Waals surface area contributed by atoms with Gasteiger partial charge in [-0.25, -0.2) is 0 Å². The topological polar surface area (TPSA) is 147 Å². The zero-order valence-corrected chi connectivity index (χ0v) is 15.2. The molecule has 0 spiro atoms. The Bertz CT molecular complexity index is 1240. The van der Waals surface area contributed by atoms with Gasteiger partial charge < -0.3 is 10.4 Å². The average molecular weight is 402 g/mol. The first kappa shape index (κ1) is 19.3. The second kappa shape index (κ2) is 6.91. The van der Waals surface area contributed by atoms with Crippen molar-refractivity contribution in [1.82, 2.24) is 0 Å². The average Bonchev–Trinajstić information content (AvgIpc) is 2.60. The SMILES string of the molecule is Cc1ccc(C(=O)Nc2cc3ccc(S(=O)(=O)O)cc3cc2O)c([N+](=O)[O-])c1. The number of fused-ring (bicyclic) bond motifs is 1. The highest BCUT2D eigenvalue weighted by atomic mass is 32.2. The molecule has 0 radical (unpaired) electrons. The molecule has 3 N–H and O–H groups in total. The minimum Gasteiger partial charge on any atom is -0.506 e. The number of nitro groups is 1. The van der Waals surface area contributed by atoms with Crippen molar-refractivity contribution in [3.63, 3.8) is 0 Å². The van der Waals surface area contributed by atoms with E-state index in [4.69, 9.17) is 4.55 Å². The largest absolute Gasteiger partial charge is 0.506 e. The van der Waals surface area contributed by atoms with Crippen LogP contribution in [0.15, 0.2) is 53.4 Å². The maximum atomic E-state index is 12.5. The van der Waals surface area contributed by atoms with E-state index in [1.165, 1.54) is 42.5 Å². The molecule has 0 aromatic heterocycles. The molecule has 0 heterocycles. The number of anilines is 1. The number of benzene rings is 3. The van der Waals surface area contributed by atoms with Crippen molar-refractivity contribution in [1.29, 1.82) is 0 Å². The fourth-order valence-corrected chi connectivity index (χ4v) is 3.21. The quantitative estimate of drug-likeness (QED) is 0.263. The van der Waals surface area contributed by atoms with Crippen molar-refractivity contribution in [3.8, 4) is 5.75 Å². The molecular weight excluding hydrogens is 388 g/mol. The number of amides is 1. The van der Waals surface area contributed by atoms with Crippen LogP contribution >= 0.6 is 0 Å². The standard InChI is InChI=1S/C18H14N2O7S/c1-10-2-5-14(16(6-10)20(23)24)18(22)19-15-8-11-3-4-13(28(25,26)27)7-12(11)9-17(15)21/h2-9,21H,1H3,(H,19,22)(H,25,26,27). The first-order valence-electron chi connectivity index (χ1n) is 7.87. The van der Waals surface area contributed by atoms with Gasteiger partial charge in [-0.1, -0.05) is 12.1 Å². The molecule has 0 atom stereocenters. The van der Waals surface area contributed by atoms with Gasteiger partial charge in [-0.2, -0.15) is 8.42 Å². The molecule has 3 rings (SSSR count). The van der Waals surface area contributed by atoms with Crippen molar-refractivity contribution < 1.29 is 27.8 Å². The maximum absolute atomic E-state index is 12.5. The van der Waals surface area contributed by atoms with E-state index in [0.717, 1.165) is 0 Å². The Morgan fingerprint density at radius 2 is 1.79 bits per heavy atom. The molecule has 1 amide bonds. The van der Waals surface area contributed by atoms with Crippen LogP contribution in [0.1, 0.15) is 15.9 Å². The van der Waals surface area contributed by atoms with Gasteiger partial charge >= 0.3 is 0 Å². The molecule has 0 aliphatic carbocycles. The lowest BCUT2D eigenvalue weighted by molar-refractivity contribution is -0.385. The molecule has 0 bridgehead atoms. The lowest BCUT2D eigenvalue weighted by atomic mass is 10.1. The Hall–Kier alpha value is -3.50. The summed E-state index contributed by atoms with van der Waals surface area (Å²) in [7, 11) is -4.40. The fraction of sp³-hybridized carbons (Fsp3) is 0.0556. The number of hydrogen-bond acceptors (Lipinski definition) is 6. The number of aryl methyl sites for hydroxylation is 1. The Kier molecular flexibility index (Phi) is 4.75. The van der Waals surface area contributed by atoms with E-state index in [1.807, 2.05) is 0 Å². The number of nitro benzene ring substituents is 1. The Labute approximate surface area is 159 Å². The summed E-state index contributed by atoms with van der Waals surface area (Å²) in [5.74, 6) is -1.15. The third kappa shape index (κ3) is 3.77. The summed E-state index contributed by atoms with van der Waals surface area (Å²) in [4.78, 5) is 22.7. The van der Waals surface area contributed by atoms with E-state index < -0.39 is 20.9 Å².